The van der Waals surface area contributed by atoms with E-state index in [0.717, 1.165) is 16.7 Å². The summed E-state index contributed by atoms with van der Waals surface area (Å²) in [6, 6.07) is 18.3. The fourth-order valence-corrected chi connectivity index (χ4v) is 2.97. The summed E-state index contributed by atoms with van der Waals surface area (Å²) in [4.78, 5) is 26.5. The van der Waals surface area contributed by atoms with E-state index >= 15 is 0 Å². The SMILES string of the molecule is CC(CC(=O)N(C)C(C)c1cc2ccccc2o1)NC(=O)c1ccccc1. The van der Waals surface area contributed by atoms with Gasteiger partial charge in [-0.3, -0.25) is 9.59 Å². The van der Waals surface area contributed by atoms with E-state index in [2.05, 4.69) is 5.32 Å². The van der Waals surface area contributed by atoms with Crippen molar-refractivity contribution in [3.8, 4) is 0 Å². The molecule has 0 aliphatic rings. The molecule has 2 unspecified atom stereocenters. The summed E-state index contributed by atoms with van der Waals surface area (Å²) in [7, 11) is 1.76. The predicted molar refractivity (Wildman–Crippen MR) is 105 cm³/mol. The van der Waals surface area contributed by atoms with E-state index in [1.165, 1.54) is 0 Å². The Morgan fingerprint density at radius 2 is 1.70 bits per heavy atom. The summed E-state index contributed by atoms with van der Waals surface area (Å²) in [6.07, 6.45) is 0.222. The average molecular weight is 364 g/mol. The van der Waals surface area contributed by atoms with Gasteiger partial charge in [0.15, 0.2) is 0 Å². The molecule has 0 aliphatic carbocycles. The van der Waals surface area contributed by atoms with Crippen LogP contribution in [0.4, 0.5) is 0 Å². The molecule has 0 spiro atoms. The molecule has 1 heterocycles. The van der Waals surface area contributed by atoms with Gasteiger partial charge in [0.25, 0.3) is 5.91 Å². The summed E-state index contributed by atoms with van der Waals surface area (Å²) in [5.41, 5.74) is 1.39. The number of nitrogens with zero attached hydrogens (tertiary/aromatic N) is 1. The molecule has 0 bridgehead atoms. The van der Waals surface area contributed by atoms with Crippen LogP contribution in [0.15, 0.2) is 65.1 Å². The van der Waals surface area contributed by atoms with Gasteiger partial charge in [-0.05, 0) is 38.1 Å². The van der Waals surface area contributed by atoms with Crippen LogP contribution in [-0.2, 0) is 4.79 Å². The second kappa shape index (κ2) is 8.08. The summed E-state index contributed by atoms with van der Waals surface area (Å²) in [5.74, 6) is 0.515. The van der Waals surface area contributed by atoms with E-state index < -0.39 is 0 Å². The van der Waals surface area contributed by atoms with E-state index in [1.807, 2.05) is 62.4 Å². The maximum Gasteiger partial charge on any atom is 0.251 e. The smallest absolute Gasteiger partial charge is 0.251 e. The van der Waals surface area contributed by atoms with Crippen molar-refractivity contribution in [3.05, 3.63) is 72.0 Å². The van der Waals surface area contributed by atoms with Crippen LogP contribution in [0.1, 0.15) is 42.4 Å². The highest BCUT2D eigenvalue weighted by Gasteiger charge is 2.22. The largest absolute Gasteiger partial charge is 0.459 e. The Morgan fingerprint density at radius 1 is 1.04 bits per heavy atom. The Morgan fingerprint density at radius 3 is 2.41 bits per heavy atom. The van der Waals surface area contributed by atoms with Gasteiger partial charge in [0.2, 0.25) is 5.91 Å². The normalized spacial score (nSPS) is 13.1. The third kappa shape index (κ3) is 4.37. The lowest BCUT2D eigenvalue weighted by Crippen LogP contribution is -2.38. The summed E-state index contributed by atoms with van der Waals surface area (Å²) in [6.45, 7) is 3.77. The zero-order valence-electron chi connectivity index (χ0n) is 15.8. The fraction of sp³-hybridized carbons (Fsp3) is 0.273. The third-order valence-corrected chi connectivity index (χ3v) is 4.72. The fourth-order valence-electron chi connectivity index (χ4n) is 2.97. The molecule has 5 nitrogen and oxygen atoms in total. The van der Waals surface area contributed by atoms with Crippen LogP contribution in [0.2, 0.25) is 0 Å². The van der Waals surface area contributed by atoms with E-state index in [0.29, 0.717) is 5.56 Å². The standard InChI is InChI=1S/C22H24N2O3/c1-15(23-22(26)17-9-5-4-6-10-17)13-21(25)24(3)16(2)20-14-18-11-7-8-12-19(18)27-20/h4-12,14-16H,13H2,1-3H3,(H,23,26). The summed E-state index contributed by atoms with van der Waals surface area (Å²) in [5, 5.41) is 3.89. The van der Waals surface area contributed by atoms with Gasteiger partial charge >= 0.3 is 0 Å². The molecule has 3 rings (SSSR count). The first-order valence-electron chi connectivity index (χ1n) is 9.05. The van der Waals surface area contributed by atoms with Crippen molar-refractivity contribution >= 4 is 22.8 Å². The Bertz CT molecular complexity index is 900. The lowest BCUT2D eigenvalue weighted by atomic mass is 10.1. The molecule has 0 fully saturated rings. The van der Waals surface area contributed by atoms with Gasteiger partial charge in [-0.1, -0.05) is 36.4 Å². The molecule has 0 radical (unpaired) electrons. The lowest BCUT2D eigenvalue weighted by molar-refractivity contribution is -0.132. The monoisotopic (exact) mass is 364 g/mol. The maximum atomic E-state index is 12.6. The zero-order valence-corrected chi connectivity index (χ0v) is 15.8. The van der Waals surface area contributed by atoms with Crippen LogP contribution in [0, 0.1) is 0 Å². The molecule has 5 heteroatoms. The van der Waals surface area contributed by atoms with Gasteiger partial charge in [0.1, 0.15) is 11.3 Å². The van der Waals surface area contributed by atoms with Crippen molar-refractivity contribution in [2.45, 2.75) is 32.4 Å². The minimum atomic E-state index is -0.268. The predicted octanol–water partition coefficient (Wildman–Crippen LogP) is 4.16. The molecule has 2 atom stereocenters. The van der Waals surface area contributed by atoms with Gasteiger partial charge in [-0.25, -0.2) is 0 Å². The molecule has 1 N–H and O–H groups in total. The van der Waals surface area contributed by atoms with E-state index in [-0.39, 0.29) is 30.3 Å². The molecule has 0 saturated heterocycles. The number of benzene rings is 2. The van der Waals surface area contributed by atoms with Crippen LogP contribution in [0.5, 0.6) is 0 Å². The van der Waals surface area contributed by atoms with Crippen LogP contribution >= 0.6 is 0 Å². The molecule has 1 aromatic heterocycles. The first kappa shape index (κ1) is 18.7. The van der Waals surface area contributed by atoms with E-state index in [1.54, 1.807) is 24.1 Å². The number of hydrogen-bond donors (Lipinski definition) is 1. The number of carbonyl (C=O) groups excluding carboxylic acids is 2. The number of carbonyl (C=O) groups is 2. The Kier molecular flexibility index (Phi) is 5.60. The minimum Gasteiger partial charge on any atom is -0.459 e. The number of fused-ring (bicyclic) bond motifs is 1. The van der Waals surface area contributed by atoms with Crippen LogP contribution in [0.3, 0.4) is 0 Å². The second-order valence-corrected chi connectivity index (χ2v) is 6.81. The number of hydrogen-bond acceptors (Lipinski definition) is 3. The zero-order chi connectivity index (χ0) is 19.4. The second-order valence-electron chi connectivity index (χ2n) is 6.81. The number of rotatable bonds is 6. The maximum absolute atomic E-state index is 12.6. The molecule has 27 heavy (non-hydrogen) atoms. The minimum absolute atomic E-state index is 0.0520. The highest BCUT2D eigenvalue weighted by Crippen LogP contribution is 2.27. The molecular weight excluding hydrogens is 340 g/mol. The molecule has 0 saturated carbocycles. The van der Waals surface area contributed by atoms with Crippen molar-refractivity contribution in [1.82, 2.24) is 10.2 Å². The quantitative estimate of drug-likeness (QED) is 0.714. The Balaban J connectivity index is 1.60. The number of nitrogens with one attached hydrogen (secondary N) is 1. The molecule has 140 valence electrons. The summed E-state index contributed by atoms with van der Waals surface area (Å²) >= 11 is 0. The topological polar surface area (TPSA) is 62.6 Å². The van der Waals surface area contributed by atoms with Crippen molar-refractivity contribution < 1.29 is 14.0 Å². The van der Waals surface area contributed by atoms with E-state index in [9.17, 15) is 9.59 Å². The van der Waals surface area contributed by atoms with Crippen molar-refractivity contribution in [3.63, 3.8) is 0 Å². The highest BCUT2D eigenvalue weighted by molar-refractivity contribution is 5.94. The lowest BCUT2D eigenvalue weighted by Gasteiger charge is -2.25. The molecular formula is C22H24N2O3. The Labute approximate surface area is 159 Å². The molecule has 0 aliphatic heterocycles. The van der Waals surface area contributed by atoms with Gasteiger partial charge in [0, 0.05) is 30.5 Å². The van der Waals surface area contributed by atoms with Gasteiger partial charge < -0.3 is 14.6 Å². The third-order valence-electron chi connectivity index (χ3n) is 4.72. The van der Waals surface area contributed by atoms with Gasteiger partial charge in [-0.2, -0.15) is 0 Å². The number of furan rings is 1. The van der Waals surface area contributed by atoms with Gasteiger partial charge in [-0.15, -0.1) is 0 Å². The van der Waals surface area contributed by atoms with Crippen LogP contribution in [-0.4, -0.2) is 29.8 Å². The molecule has 2 aromatic carbocycles. The van der Waals surface area contributed by atoms with Crippen LogP contribution in [0.25, 0.3) is 11.0 Å². The Hall–Kier alpha value is -3.08. The average Bonchev–Trinajstić information content (AvgIpc) is 3.11. The van der Waals surface area contributed by atoms with Crippen molar-refractivity contribution in [1.29, 1.82) is 0 Å². The first-order valence-corrected chi connectivity index (χ1v) is 9.05. The van der Waals surface area contributed by atoms with Crippen molar-refractivity contribution in [2.24, 2.45) is 0 Å². The van der Waals surface area contributed by atoms with E-state index in [4.69, 9.17) is 4.42 Å². The molecule has 3 aromatic rings. The van der Waals surface area contributed by atoms with Crippen LogP contribution < -0.4 is 5.32 Å². The van der Waals surface area contributed by atoms with Gasteiger partial charge in [0.05, 0.1) is 6.04 Å². The number of para-hydroxylation sites is 1. The molecule has 2 amide bonds. The number of amides is 2. The first-order chi connectivity index (χ1) is 13.0. The highest BCUT2D eigenvalue weighted by atomic mass is 16.3. The van der Waals surface area contributed by atoms with Crippen molar-refractivity contribution in [2.75, 3.05) is 7.05 Å². The summed E-state index contributed by atoms with van der Waals surface area (Å²) < 4.78 is 5.86.